The van der Waals surface area contributed by atoms with Crippen molar-refractivity contribution in [3.05, 3.63) is 70.8 Å². The Balaban J connectivity index is 1.13. The van der Waals surface area contributed by atoms with E-state index in [1.165, 1.54) is 40.4 Å². The summed E-state index contributed by atoms with van der Waals surface area (Å²) < 4.78 is 28.0. The van der Waals surface area contributed by atoms with Crippen molar-refractivity contribution in [1.82, 2.24) is 19.8 Å². The van der Waals surface area contributed by atoms with Gasteiger partial charge in [0.2, 0.25) is 21.8 Å². The maximum atomic E-state index is 13.4. The van der Waals surface area contributed by atoms with E-state index in [1.807, 2.05) is 6.92 Å². The molecule has 2 heterocycles. The smallest absolute Gasteiger partial charge is 0.243 e. The molecule has 0 aromatic heterocycles. The number of hydrogen-bond acceptors (Lipinski definition) is 5. The maximum Gasteiger partial charge on any atom is 0.243 e. The fourth-order valence-electron chi connectivity index (χ4n) is 6.42. The van der Waals surface area contributed by atoms with Crippen molar-refractivity contribution >= 4 is 27.4 Å². The van der Waals surface area contributed by atoms with E-state index >= 15 is 0 Å². The number of sulfonamides is 1. The standard InChI is InChI=1S/C32H40N4O4S/c1-22-5-10-27(11-6-22)41(39,40)36-18-15-33-32(38)30(36)20-31(37)34-29-4-2-3-26-19-25(9-12-28(26)29)24-13-16-35(17-14-24)21-23-7-8-23/h5-6,9-13,19,23,29-30H,2-4,7-8,14-18,20-21H2,1H3,(H,33,38)(H,34,37)/t29-,30?/m1/s1. The van der Waals surface area contributed by atoms with Crippen LogP contribution in [0.15, 0.2) is 53.4 Å². The van der Waals surface area contributed by atoms with E-state index in [9.17, 15) is 18.0 Å². The Labute approximate surface area is 243 Å². The lowest BCUT2D eigenvalue weighted by atomic mass is 9.85. The minimum atomic E-state index is -3.93. The summed E-state index contributed by atoms with van der Waals surface area (Å²) in [6.45, 7) is 5.60. The molecule has 0 spiro atoms. The Morgan fingerprint density at radius 2 is 1.85 bits per heavy atom. The first-order chi connectivity index (χ1) is 19.8. The van der Waals surface area contributed by atoms with Crippen molar-refractivity contribution in [2.75, 3.05) is 32.7 Å². The first-order valence-corrected chi connectivity index (χ1v) is 16.4. The number of piperazine rings is 1. The van der Waals surface area contributed by atoms with Gasteiger partial charge in [0.25, 0.3) is 0 Å². The SMILES string of the molecule is Cc1ccc(S(=O)(=O)N2CCNC(=O)C2CC(=O)N[C@@H]2CCCc3cc(C4=CCN(CC5CC5)CC4)ccc32)cc1. The van der Waals surface area contributed by atoms with Gasteiger partial charge in [0.15, 0.2) is 0 Å². The first kappa shape index (κ1) is 28.1. The van der Waals surface area contributed by atoms with Gasteiger partial charge in [-0.3, -0.25) is 14.5 Å². The summed E-state index contributed by atoms with van der Waals surface area (Å²) in [6.07, 6.45) is 8.75. The lowest BCUT2D eigenvalue weighted by molar-refractivity contribution is -0.132. The Morgan fingerprint density at radius 3 is 2.59 bits per heavy atom. The fraction of sp³-hybridized carbons (Fsp3) is 0.500. The number of nitrogens with zero attached hydrogens (tertiary/aromatic N) is 2. The number of nitrogens with one attached hydrogen (secondary N) is 2. The van der Waals surface area contributed by atoms with Gasteiger partial charge in [-0.05, 0) is 85.8 Å². The zero-order valence-electron chi connectivity index (χ0n) is 23.8. The normalized spacial score (nSPS) is 23.8. The summed E-state index contributed by atoms with van der Waals surface area (Å²) in [5.74, 6) is 0.157. The molecule has 4 aliphatic rings. The lowest BCUT2D eigenvalue weighted by Gasteiger charge is -2.34. The summed E-state index contributed by atoms with van der Waals surface area (Å²) in [5.41, 5.74) is 6.01. The molecule has 1 unspecified atom stereocenters. The number of amides is 2. The van der Waals surface area contributed by atoms with Gasteiger partial charge in [0, 0.05) is 32.7 Å². The predicted molar refractivity (Wildman–Crippen MR) is 159 cm³/mol. The molecule has 8 nitrogen and oxygen atoms in total. The topological polar surface area (TPSA) is 98.8 Å². The van der Waals surface area contributed by atoms with Crippen molar-refractivity contribution in [2.24, 2.45) is 5.92 Å². The van der Waals surface area contributed by atoms with Crippen molar-refractivity contribution in [1.29, 1.82) is 0 Å². The molecule has 2 amide bonds. The van der Waals surface area contributed by atoms with Crippen molar-refractivity contribution in [3.8, 4) is 0 Å². The second kappa shape index (κ2) is 11.7. The lowest BCUT2D eigenvalue weighted by Crippen LogP contribution is -2.58. The van der Waals surface area contributed by atoms with Crippen molar-refractivity contribution in [2.45, 2.75) is 68.8 Å². The van der Waals surface area contributed by atoms with Crippen LogP contribution in [0.25, 0.3) is 5.57 Å². The van der Waals surface area contributed by atoms with E-state index in [1.54, 1.807) is 24.3 Å². The molecule has 1 saturated heterocycles. The fourth-order valence-corrected chi connectivity index (χ4v) is 8.01. The first-order valence-electron chi connectivity index (χ1n) is 15.0. The predicted octanol–water partition coefficient (Wildman–Crippen LogP) is 3.57. The third kappa shape index (κ3) is 6.27. The van der Waals surface area contributed by atoms with Gasteiger partial charge >= 0.3 is 0 Å². The van der Waals surface area contributed by atoms with Crippen LogP contribution in [-0.4, -0.2) is 68.2 Å². The molecule has 2 fully saturated rings. The third-order valence-electron chi connectivity index (χ3n) is 8.96. The number of carbonyl (C=O) groups is 2. The number of rotatable bonds is 8. The molecule has 2 aliphatic carbocycles. The van der Waals surface area contributed by atoms with Gasteiger partial charge in [0.1, 0.15) is 6.04 Å². The summed E-state index contributed by atoms with van der Waals surface area (Å²) in [6, 6.07) is 12.0. The highest BCUT2D eigenvalue weighted by Crippen LogP contribution is 2.35. The van der Waals surface area contributed by atoms with Crippen LogP contribution in [0.4, 0.5) is 0 Å². The Hall–Kier alpha value is -3.01. The van der Waals surface area contributed by atoms with Gasteiger partial charge in [0.05, 0.1) is 17.4 Å². The number of hydrogen-bond donors (Lipinski definition) is 2. The third-order valence-corrected chi connectivity index (χ3v) is 10.9. The van der Waals surface area contributed by atoms with Crippen LogP contribution in [0.2, 0.25) is 0 Å². The average Bonchev–Trinajstić information content (AvgIpc) is 3.78. The van der Waals surface area contributed by atoms with Crippen molar-refractivity contribution < 1.29 is 18.0 Å². The van der Waals surface area contributed by atoms with E-state index in [4.69, 9.17) is 0 Å². The monoisotopic (exact) mass is 576 g/mol. The van der Waals surface area contributed by atoms with Gasteiger partial charge in [-0.2, -0.15) is 4.31 Å². The van der Waals surface area contributed by atoms with Gasteiger partial charge < -0.3 is 10.6 Å². The van der Waals surface area contributed by atoms with Crippen molar-refractivity contribution in [3.63, 3.8) is 0 Å². The summed E-state index contributed by atoms with van der Waals surface area (Å²) in [7, 11) is -3.93. The minimum Gasteiger partial charge on any atom is -0.353 e. The molecule has 1 saturated carbocycles. The molecular formula is C32H40N4O4S. The van der Waals surface area contributed by atoms with Crippen LogP contribution in [-0.2, 0) is 26.0 Å². The highest BCUT2D eigenvalue weighted by atomic mass is 32.2. The number of fused-ring (bicyclic) bond motifs is 1. The molecule has 2 atom stereocenters. The second-order valence-corrected chi connectivity index (χ2v) is 13.9. The zero-order chi connectivity index (χ0) is 28.6. The molecule has 2 aromatic rings. The Kier molecular flexibility index (Phi) is 8.03. The van der Waals surface area contributed by atoms with Crippen LogP contribution in [0.3, 0.4) is 0 Å². The average molecular weight is 577 g/mol. The quantitative estimate of drug-likeness (QED) is 0.501. The van der Waals surface area contributed by atoms with E-state index < -0.39 is 22.0 Å². The Morgan fingerprint density at radius 1 is 1.05 bits per heavy atom. The molecular weight excluding hydrogens is 536 g/mol. The molecule has 2 N–H and O–H groups in total. The van der Waals surface area contributed by atoms with Crippen LogP contribution in [0.1, 0.15) is 66.8 Å². The van der Waals surface area contributed by atoms with E-state index in [0.29, 0.717) is 0 Å². The molecule has 9 heteroatoms. The van der Waals surface area contributed by atoms with E-state index in [0.717, 1.165) is 55.8 Å². The number of carbonyl (C=O) groups excluding carboxylic acids is 2. The van der Waals surface area contributed by atoms with Gasteiger partial charge in [-0.15, -0.1) is 0 Å². The molecule has 41 heavy (non-hydrogen) atoms. The number of benzene rings is 2. The van der Waals surface area contributed by atoms with E-state index in [-0.39, 0.29) is 36.4 Å². The highest BCUT2D eigenvalue weighted by molar-refractivity contribution is 7.89. The molecule has 218 valence electrons. The molecule has 2 aromatic carbocycles. The van der Waals surface area contributed by atoms with Crippen LogP contribution in [0.5, 0.6) is 0 Å². The summed E-state index contributed by atoms with van der Waals surface area (Å²) in [4.78, 5) is 28.8. The van der Waals surface area contributed by atoms with Crippen LogP contribution in [0, 0.1) is 12.8 Å². The van der Waals surface area contributed by atoms with Gasteiger partial charge in [-0.1, -0.05) is 42.0 Å². The molecule has 0 bridgehead atoms. The molecule has 6 rings (SSSR count). The minimum absolute atomic E-state index is 0.128. The summed E-state index contributed by atoms with van der Waals surface area (Å²) >= 11 is 0. The van der Waals surface area contributed by atoms with Crippen LogP contribution >= 0.6 is 0 Å². The van der Waals surface area contributed by atoms with Gasteiger partial charge in [-0.25, -0.2) is 8.42 Å². The summed E-state index contributed by atoms with van der Waals surface area (Å²) in [5, 5.41) is 5.87. The van der Waals surface area contributed by atoms with Crippen LogP contribution < -0.4 is 10.6 Å². The maximum absolute atomic E-state index is 13.4. The molecule has 2 aliphatic heterocycles. The zero-order valence-corrected chi connectivity index (χ0v) is 24.6. The van der Waals surface area contributed by atoms with E-state index in [2.05, 4.69) is 39.8 Å². The number of aryl methyl sites for hydroxylation is 2. The largest absolute Gasteiger partial charge is 0.353 e. The Bertz CT molecular complexity index is 1450. The second-order valence-electron chi connectivity index (χ2n) is 12.0. The molecule has 0 radical (unpaired) electrons. The highest BCUT2D eigenvalue weighted by Gasteiger charge is 2.40.